The Balaban J connectivity index is 1.71. The summed E-state index contributed by atoms with van der Waals surface area (Å²) in [6, 6.07) is 6.14. The summed E-state index contributed by atoms with van der Waals surface area (Å²) in [6.45, 7) is 8.07. The maximum Gasteiger partial charge on any atom is 0.119 e. The molecule has 1 unspecified atom stereocenters. The van der Waals surface area contributed by atoms with Crippen molar-refractivity contribution in [2.24, 2.45) is 5.92 Å². The lowest BCUT2D eigenvalue weighted by Crippen LogP contribution is -2.41. The van der Waals surface area contributed by atoms with E-state index in [1.807, 2.05) is 12.1 Å². The highest BCUT2D eigenvalue weighted by molar-refractivity contribution is 5.32. The Hall–Kier alpha value is -1.10. The largest absolute Gasteiger partial charge is 0.491 e. The third kappa shape index (κ3) is 5.59. The molecule has 1 aliphatic heterocycles. The fourth-order valence-corrected chi connectivity index (χ4v) is 3.13. The van der Waals surface area contributed by atoms with Crippen LogP contribution in [0, 0.1) is 19.8 Å². The van der Waals surface area contributed by atoms with Crippen LogP contribution in [0.15, 0.2) is 18.2 Å². The van der Waals surface area contributed by atoms with Crippen LogP contribution < -0.4 is 4.74 Å². The second-order valence-corrected chi connectivity index (χ2v) is 6.49. The van der Waals surface area contributed by atoms with Gasteiger partial charge in [0.25, 0.3) is 0 Å². The van der Waals surface area contributed by atoms with Gasteiger partial charge >= 0.3 is 0 Å². The fourth-order valence-electron chi connectivity index (χ4n) is 3.13. The number of aliphatic hydroxyl groups excluding tert-OH is 1. The van der Waals surface area contributed by atoms with Crippen molar-refractivity contribution in [1.29, 1.82) is 0 Å². The molecule has 1 N–H and O–H groups in total. The van der Waals surface area contributed by atoms with Crippen molar-refractivity contribution < 1.29 is 14.6 Å². The number of hydrogen-bond acceptors (Lipinski definition) is 4. The summed E-state index contributed by atoms with van der Waals surface area (Å²) in [5.74, 6) is 1.51. The molecule has 1 aliphatic rings. The molecule has 2 rings (SSSR count). The van der Waals surface area contributed by atoms with Crippen LogP contribution in [0.2, 0.25) is 0 Å². The van der Waals surface area contributed by atoms with E-state index in [9.17, 15) is 5.11 Å². The van der Waals surface area contributed by atoms with Crippen molar-refractivity contribution in [3.05, 3.63) is 29.3 Å². The zero-order valence-electron chi connectivity index (χ0n) is 14.0. The van der Waals surface area contributed by atoms with E-state index >= 15 is 0 Å². The molecule has 1 atom stereocenters. The Morgan fingerprint density at radius 3 is 2.41 bits per heavy atom. The quantitative estimate of drug-likeness (QED) is 0.840. The van der Waals surface area contributed by atoms with Crippen molar-refractivity contribution in [3.63, 3.8) is 0 Å². The number of ether oxygens (including phenoxy) is 2. The second-order valence-electron chi connectivity index (χ2n) is 6.49. The predicted octanol–water partition coefficient (Wildman–Crippen LogP) is 2.40. The maximum atomic E-state index is 10.2. The van der Waals surface area contributed by atoms with E-state index in [1.54, 1.807) is 7.11 Å². The van der Waals surface area contributed by atoms with E-state index in [1.165, 1.54) is 11.1 Å². The minimum Gasteiger partial charge on any atom is -0.491 e. The summed E-state index contributed by atoms with van der Waals surface area (Å²) in [4.78, 5) is 2.32. The van der Waals surface area contributed by atoms with Gasteiger partial charge in [-0.25, -0.2) is 0 Å². The first-order valence-corrected chi connectivity index (χ1v) is 8.17. The fraction of sp³-hybridized carbons (Fsp3) is 0.667. The SMILES string of the molecule is COCC1CCN(CC(O)COc2cc(C)cc(C)c2)CC1. The topological polar surface area (TPSA) is 41.9 Å². The molecule has 1 aromatic carbocycles. The number of rotatable bonds is 7. The Kier molecular flexibility index (Phi) is 6.68. The summed E-state index contributed by atoms with van der Waals surface area (Å²) in [5, 5.41) is 10.2. The third-order valence-electron chi connectivity index (χ3n) is 4.22. The molecule has 22 heavy (non-hydrogen) atoms. The minimum absolute atomic E-state index is 0.348. The van der Waals surface area contributed by atoms with Gasteiger partial charge in [-0.15, -0.1) is 0 Å². The van der Waals surface area contributed by atoms with Crippen LogP contribution in [-0.4, -0.2) is 56.1 Å². The van der Waals surface area contributed by atoms with Gasteiger partial charge in [0, 0.05) is 20.3 Å². The molecule has 0 radical (unpaired) electrons. The highest BCUT2D eigenvalue weighted by atomic mass is 16.5. The van der Waals surface area contributed by atoms with Crippen LogP contribution in [0.3, 0.4) is 0 Å². The number of aryl methyl sites for hydroxylation is 2. The molecule has 0 aromatic heterocycles. The van der Waals surface area contributed by atoms with Gasteiger partial charge in [-0.05, 0) is 69.0 Å². The third-order valence-corrected chi connectivity index (χ3v) is 4.22. The Morgan fingerprint density at radius 2 is 1.82 bits per heavy atom. The average molecular weight is 307 g/mol. The van der Waals surface area contributed by atoms with Crippen LogP contribution in [0.1, 0.15) is 24.0 Å². The molecule has 1 heterocycles. The molecule has 0 bridgehead atoms. The van der Waals surface area contributed by atoms with Crippen LogP contribution in [0.25, 0.3) is 0 Å². The standard InChI is InChI=1S/C18H29NO3/c1-14-8-15(2)10-18(9-14)22-13-17(20)11-19-6-4-16(5-7-19)12-21-3/h8-10,16-17,20H,4-7,11-13H2,1-3H3. The summed E-state index contributed by atoms with van der Waals surface area (Å²) < 4.78 is 11.0. The van der Waals surface area contributed by atoms with Gasteiger partial charge in [0.2, 0.25) is 0 Å². The first-order chi connectivity index (χ1) is 10.6. The summed E-state index contributed by atoms with van der Waals surface area (Å²) in [6.07, 6.45) is 1.86. The lowest BCUT2D eigenvalue weighted by Gasteiger charge is -2.32. The van der Waals surface area contributed by atoms with E-state index in [4.69, 9.17) is 9.47 Å². The van der Waals surface area contributed by atoms with E-state index < -0.39 is 6.10 Å². The number of piperidine rings is 1. The average Bonchev–Trinajstić information content (AvgIpc) is 2.47. The highest BCUT2D eigenvalue weighted by Crippen LogP contribution is 2.18. The van der Waals surface area contributed by atoms with E-state index in [0.29, 0.717) is 19.1 Å². The maximum absolute atomic E-state index is 10.2. The predicted molar refractivity (Wildman–Crippen MR) is 88.5 cm³/mol. The Bertz CT molecular complexity index is 435. The lowest BCUT2D eigenvalue weighted by atomic mass is 9.97. The van der Waals surface area contributed by atoms with E-state index in [-0.39, 0.29) is 0 Å². The number of likely N-dealkylation sites (tertiary alicyclic amines) is 1. The zero-order chi connectivity index (χ0) is 15.9. The number of nitrogens with zero attached hydrogens (tertiary/aromatic N) is 1. The monoisotopic (exact) mass is 307 g/mol. The first-order valence-electron chi connectivity index (χ1n) is 8.17. The van der Waals surface area contributed by atoms with Crippen LogP contribution in [0.4, 0.5) is 0 Å². The highest BCUT2D eigenvalue weighted by Gasteiger charge is 2.21. The van der Waals surface area contributed by atoms with Gasteiger partial charge < -0.3 is 19.5 Å². The second kappa shape index (κ2) is 8.51. The van der Waals surface area contributed by atoms with E-state index in [2.05, 4.69) is 24.8 Å². The molecule has 0 amide bonds. The van der Waals surface area contributed by atoms with Crippen LogP contribution >= 0.6 is 0 Å². The van der Waals surface area contributed by atoms with Gasteiger partial charge in [0.05, 0.1) is 0 Å². The van der Waals surface area contributed by atoms with Gasteiger partial charge in [-0.1, -0.05) is 6.07 Å². The normalized spacial score (nSPS) is 18.4. The van der Waals surface area contributed by atoms with Crippen molar-refractivity contribution >= 4 is 0 Å². The van der Waals surface area contributed by atoms with Gasteiger partial charge in [-0.2, -0.15) is 0 Å². The molecule has 4 heteroatoms. The van der Waals surface area contributed by atoms with Gasteiger partial charge in [-0.3, -0.25) is 0 Å². The molecule has 0 spiro atoms. The molecule has 1 fully saturated rings. The van der Waals surface area contributed by atoms with Crippen molar-refractivity contribution in [2.75, 3.05) is 40.0 Å². The van der Waals surface area contributed by atoms with Crippen molar-refractivity contribution in [2.45, 2.75) is 32.8 Å². The number of methoxy groups -OCH3 is 1. The molecule has 0 aliphatic carbocycles. The smallest absolute Gasteiger partial charge is 0.119 e. The first kappa shape index (κ1) is 17.3. The van der Waals surface area contributed by atoms with Crippen LogP contribution in [0.5, 0.6) is 5.75 Å². The van der Waals surface area contributed by atoms with Gasteiger partial charge in [0.1, 0.15) is 18.5 Å². The Labute approximate surface area is 134 Å². The molecule has 4 nitrogen and oxygen atoms in total. The number of aliphatic hydroxyl groups is 1. The summed E-state index contributed by atoms with van der Waals surface area (Å²) in [5.41, 5.74) is 2.37. The number of hydrogen-bond donors (Lipinski definition) is 1. The van der Waals surface area contributed by atoms with Crippen molar-refractivity contribution in [1.82, 2.24) is 4.90 Å². The number of β-amino-alcohol motifs (C(OH)–C–C–N with tert-alkyl or cyclic N) is 1. The molecule has 1 saturated heterocycles. The van der Waals surface area contributed by atoms with E-state index in [0.717, 1.165) is 38.3 Å². The molecular weight excluding hydrogens is 278 g/mol. The number of benzene rings is 1. The Morgan fingerprint density at radius 1 is 1.18 bits per heavy atom. The lowest BCUT2D eigenvalue weighted by molar-refractivity contribution is 0.0440. The zero-order valence-corrected chi connectivity index (χ0v) is 14.0. The van der Waals surface area contributed by atoms with Gasteiger partial charge in [0.15, 0.2) is 0 Å². The van der Waals surface area contributed by atoms with Crippen molar-refractivity contribution in [3.8, 4) is 5.75 Å². The minimum atomic E-state index is -0.445. The summed E-state index contributed by atoms with van der Waals surface area (Å²) >= 11 is 0. The molecule has 124 valence electrons. The molecular formula is C18H29NO3. The molecule has 1 aromatic rings. The summed E-state index contributed by atoms with van der Waals surface area (Å²) in [7, 11) is 1.76. The van der Waals surface area contributed by atoms with Crippen LogP contribution in [-0.2, 0) is 4.74 Å². The molecule has 0 saturated carbocycles.